The summed E-state index contributed by atoms with van der Waals surface area (Å²) in [4.78, 5) is 24.4. The molecule has 0 saturated carbocycles. The predicted octanol–water partition coefficient (Wildman–Crippen LogP) is 3.38. The molecule has 0 saturated heterocycles. The van der Waals surface area contributed by atoms with Gasteiger partial charge in [0.2, 0.25) is 5.91 Å². The summed E-state index contributed by atoms with van der Waals surface area (Å²) in [6.45, 7) is 11.5. The normalized spacial score (nSPS) is 13.4. The lowest BCUT2D eigenvalue weighted by atomic mass is 10.0. The van der Waals surface area contributed by atoms with Crippen LogP contribution >= 0.6 is 0 Å². The van der Waals surface area contributed by atoms with E-state index in [-0.39, 0.29) is 12.0 Å². The molecule has 1 aromatic carbocycles. The number of ether oxygens (including phenoxy) is 2. The Morgan fingerprint density at radius 3 is 2.25 bits per heavy atom. The smallest absolute Gasteiger partial charge is 0.414 e. The number of alkyl carbamates (subject to hydrolysis) is 1. The van der Waals surface area contributed by atoms with Gasteiger partial charge < -0.3 is 9.47 Å². The quantitative estimate of drug-likeness (QED) is 0.707. The molecule has 1 aromatic rings. The Bertz CT molecular complexity index is 687. The third-order valence-corrected chi connectivity index (χ3v) is 3.62. The van der Waals surface area contributed by atoms with Crippen LogP contribution in [0, 0.1) is 17.2 Å². The molecule has 2 N–H and O–H groups in total. The summed E-state index contributed by atoms with van der Waals surface area (Å²) in [5.41, 5.74) is -0.109. The van der Waals surface area contributed by atoms with Crippen LogP contribution in [0.2, 0.25) is 0 Å². The molecule has 1 rings (SSSR count). The number of nitrogens with zero attached hydrogens (tertiary/aromatic N) is 1. The van der Waals surface area contributed by atoms with Gasteiger partial charge in [0.1, 0.15) is 18.0 Å². The fourth-order valence-corrected chi connectivity index (χ4v) is 2.45. The number of carbonyl (C=O) groups is 2. The number of carbonyl (C=O) groups excluding carboxylic acids is 2. The highest BCUT2D eigenvalue weighted by Crippen LogP contribution is 2.13. The van der Waals surface area contributed by atoms with Crippen molar-refractivity contribution in [2.24, 2.45) is 5.92 Å². The second kappa shape index (κ2) is 10.7. The monoisotopic (exact) mass is 389 g/mol. The van der Waals surface area contributed by atoms with Crippen LogP contribution in [-0.2, 0) is 9.53 Å². The molecule has 0 fully saturated rings. The van der Waals surface area contributed by atoms with Gasteiger partial charge in [0.05, 0.1) is 17.7 Å². The zero-order valence-corrected chi connectivity index (χ0v) is 17.5. The number of nitriles is 1. The van der Waals surface area contributed by atoms with Crippen LogP contribution in [0.15, 0.2) is 24.3 Å². The van der Waals surface area contributed by atoms with Crippen LogP contribution in [0.3, 0.4) is 0 Å². The molecule has 28 heavy (non-hydrogen) atoms. The summed E-state index contributed by atoms with van der Waals surface area (Å²) in [6, 6.07) is 8.19. The molecule has 7 nitrogen and oxygen atoms in total. The minimum Gasteiger partial charge on any atom is -0.492 e. The summed E-state index contributed by atoms with van der Waals surface area (Å²) in [7, 11) is 0. The molecule has 2 amide bonds. The Morgan fingerprint density at radius 1 is 1.14 bits per heavy atom. The van der Waals surface area contributed by atoms with Gasteiger partial charge in [-0.15, -0.1) is 0 Å². The first-order valence-electron chi connectivity index (χ1n) is 9.43. The maximum atomic E-state index is 12.5. The Kier molecular flexibility index (Phi) is 8.93. The molecule has 0 aromatic heterocycles. The largest absolute Gasteiger partial charge is 0.492 e. The molecule has 0 aliphatic heterocycles. The summed E-state index contributed by atoms with van der Waals surface area (Å²) in [5.74, 6) is 0.480. The van der Waals surface area contributed by atoms with Gasteiger partial charge in [-0.1, -0.05) is 13.8 Å². The standard InChI is InChI=1S/C21H31N3O4/c1-14(2)11-18(19(25)24-20(26)28-21(4,5)6)23-15(3)13-27-17-9-7-16(12-22)8-10-17/h7-10,14-15,18,23H,11,13H2,1-6H3,(H,24,25,26)/t15?,18-/m0/s1. The van der Waals surface area contributed by atoms with Crippen molar-refractivity contribution in [2.45, 2.75) is 65.6 Å². The number of rotatable bonds is 8. The Labute approximate surface area is 167 Å². The van der Waals surface area contributed by atoms with E-state index in [9.17, 15) is 9.59 Å². The zero-order chi connectivity index (χ0) is 21.3. The van der Waals surface area contributed by atoms with E-state index in [4.69, 9.17) is 14.7 Å². The minimum atomic E-state index is -0.755. The highest BCUT2D eigenvalue weighted by atomic mass is 16.6. The van der Waals surface area contributed by atoms with Gasteiger partial charge in [0.15, 0.2) is 0 Å². The fraction of sp³-hybridized carbons (Fsp3) is 0.571. The number of imide groups is 1. The molecule has 2 atom stereocenters. The summed E-state index contributed by atoms with van der Waals surface area (Å²) < 4.78 is 10.9. The van der Waals surface area contributed by atoms with Gasteiger partial charge in [0.25, 0.3) is 0 Å². The van der Waals surface area contributed by atoms with Crippen LogP contribution in [0.1, 0.15) is 53.5 Å². The third kappa shape index (κ3) is 9.38. The maximum Gasteiger partial charge on any atom is 0.414 e. The molecule has 0 aliphatic carbocycles. The van der Waals surface area contributed by atoms with Crippen LogP contribution in [0.25, 0.3) is 0 Å². The van der Waals surface area contributed by atoms with Gasteiger partial charge in [-0.25, -0.2) is 4.79 Å². The zero-order valence-electron chi connectivity index (χ0n) is 17.5. The first kappa shape index (κ1) is 23.4. The van der Waals surface area contributed by atoms with Crippen molar-refractivity contribution in [2.75, 3.05) is 6.61 Å². The van der Waals surface area contributed by atoms with Crippen molar-refractivity contribution in [3.05, 3.63) is 29.8 Å². The van der Waals surface area contributed by atoms with Crippen molar-refractivity contribution in [3.63, 3.8) is 0 Å². The van der Waals surface area contributed by atoms with E-state index in [1.165, 1.54) is 0 Å². The number of hydrogen-bond donors (Lipinski definition) is 2. The van der Waals surface area contributed by atoms with Crippen molar-refractivity contribution in [1.29, 1.82) is 5.26 Å². The summed E-state index contributed by atoms with van der Waals surface area (Å²) >= 11 is 0. The first-order valence-corrected chi connectivity index (χ1v) is 9.43. The average Bonchev–Trinajstić information content (AvgIpc) is 2.57. The topological polar surface area (TPSA) is 100 Å². The molecule has 7 heteroatoms. The average molecular weight is 389 g/mol. The SMILES string of the molecule is CC(C)C[C@H](NC(C)COc1ccc(C#N)cc1)C(=O)NC(=O)OC(C)(C)C. The van der Waals surface area contributed by atoms with Crippen LogP contribution in [0.4, 0.5) is 4.79 Å². The van der Waals surface area contributed by atoms with E-state index >= 15 is 0 Å². The second-order valence-electron chi connectivity index (χ2n) is 8.19. The summed E-state index contributed by atoms with van der Waals surface area (Å²) in [6.07, 6.45) is -0.190. The lowest BCUT2D eigenvalue weighted by Gasteiger charge is -2.25. The van der Waals surface area contributed by atoms with E-state index in [1.54, 1.807) is 45.0 Å². The molecule has 0 bridgehead atoms. The predicted molar refractivity (Wildman–Crippen MR) is 107 cm³/mol. The van der Waals surface area contributed by atoms with Gasteiger partial charge >= 0.3 is 6.09 Å². The van der Waals surface area contributed by atoms with Gasteiger partial charge in [0, 0.05) is 6.04 Å². The Balaban J connectivity index is 2.61. The van der Waals surface area contributed by atoms with E-state index < -0.39 is 23.6 Å². The van der Waals surface area contributed by atoms with E-state index in [0.717, 1.165) is 0 Å². The van der Waals surface area contributed by atoms with Crippen molar-refractivity contribution in [1.82, 2.24) is 10.6 Å². The number of amides is 2. The first-order chi connectivity index (χ1) is 13.0. The van der Waals surface area contributed by atoms with Crippen molar-refractivity contribution >= 4 is 12.0 Å². The fourth-order valence-electron chi connectivity index (χ4n) is 2.45. The number of nitrogens with one attached hydrogen (secondary N) is 2. The second-order valence-corrected chi connectivity index (χ2v) is 8.19. The lowest BCUT2D eigenvalue weighted by molar-refractivity contribution is -0.123. The molecule has 0 heterocycles. The maximum absolute atomic E-state index is 12.5. The van der Waals surface area contributed by atoms with Gasteiger partial charge in [-0.3, -0.25) is 15.4 Å². The molecule has 0 aliphatic rings. The number of benzene rings is 1. The molecule has 0 radical (unpaired) electrons. The highest BCUT2D eigenvalue weighted by molar-refractivity contribution is 5.95. The lowest BCUT2D eigenvalue weighted by Crippen LogP contribution is -2.51. The van der Waals surface area contributed by atoms with E-state index in [2.05, 4.69) is 16.7 Å². The van der Waals surface area contributed by atoms with E-state index in [0.29, 0.717) is 24.3 Å². The Morgan fingerprint density at radius 2 is 1.75 bits per heavy atom. The molecule has 1 unspecified atom stereocenters. The van der Waals surface area contributed by atoms with Crippen LogP contribution in [-0.4, -0.2) is 36.3 Å². The van der Waals surface area contributed by atoms with Crippen LogP contribution < -0.4 is 15.4 Å². The minimum absolute atomic E-state index is 0.135. The number of hydrogen-bond acceptors (Lipinski definition) is 6. The van der Waals surface area contributed by atoms with Gasteiger partial charge in [-0.05, 0) is 64.3 Å². The van der Waals surface area contributed by atoms with Crippen molar-refractivity contribution in [3.8, 4) is 11.8 Å². The van der Waals surface area contributed by atoms with Gasteiger partial charge in [-0.2, -0.15) is 5.26 Å². The van der Waals surface area contributed by atoms with Crippen molar-refractivity contribution < 1.29 is 19.1 Å². The Hall–Kier alpha value is -2.59. The summed E-state index contributed by atoms with van der Waals surface area (Å²) in [5, 5.41) is 14.3. The molecule has 0 spiro atoms. The highest BCUT2D eigenvalue weighted by Gasteiger charge is 2.25. The van der Waals surface area contributed by atoms with Crippen LogP contribution in [0.5, 0.6) is 5.75 Å². The third-order valence-electron chi connectivity index (χ3n) is 3.62. The molecular weight excluding hydrogens is 358 g/mol. The molecule has 154 valence electrons. The van der Waals surface area contributed by atoms with E-state index in [1.807, 2.05) is 20.8 Å². The molecular formula is C21H31N3O4.